The van der Waals surface area contributed by atoms with Crippen molar-refractivity contribution in [3.8, 4) is 6.07 Å². The summed E-state index contributed by atoms with van der Waals surface area (Å²) in [5.41, 5.74) is 3.24. The lowest BCUT2D eigenvalue weighted by Crippen LogP contribution is -2.38. The molecule has 4 rings (SSSR count). The lowest BCUT2D eigenvalue weighted by atomic mass is 10.0. The van der Waals surface area contributed by atoms with E-state index in [1.54, 1.807) is 0 Å². The first-order chi connectivity index (χ1) is 16.4. The van der Waals surface area contributed by atoms with Crippen molar-refractivity contribution < 1.29 is 9.84 Å². The fourth-order valence-electron chi connectivity index (χ4n) is 4.15. The van der Waals surface area contributed by atoms with Crippen molar-refractivity contribution >= 4 is 39.9 Å². The van der Waals surface area contributed by atoms with Crippen molar-refractivity contribution in [3.63, 3.8) is 0 Å². The van der Waals surface area contributed by atoms with E-state index < -0.39 is 0 Å². The van der Waals surface area contributed by atoms with Crippen LogP contribution in [-0.2, 0) is 11.3 Å². The number of benzene rings is 2. The number of piperidine rings is 1. The maximum absolute atomic E-state index is 10.1. The zero-order valence-corrected chi connectivity index (χ0v) is 19.6. The van der Waals surface area contributed by atoms with Gasteiger partial charge in [0.05, 0.1) is 17.0 Å². The summed E-state index contributed by atoms with van der Waals surface area (Å²) in [7, 11) is 0. The van der Waals surface area contributed by atoms with Gasteiger partial charge in [-0.15, -0.1) is 0 Å². The third-order valence-corrected chi connectivity index (χ3v) is 5.99. The average molecular weight is 476 g/mol. The molecule has 0 bridgehead atoms. The van der Waals surface area contributed by atoms with E-state index in [9.17, 15) is 10.4 Å². The molecule has 1 aliphatic heterocycles. The quantitative estimate of drug-likeness (QED) is 0.236. The van der Waals surface area contributed by atoms with Gasteiger partial charge in [-0.2, -0.15) is 5.26 Å². The van der Waals surface area contributed by atoms with E-state index in [0.717, 1.165) is 22.2 Å². The number of pyridine rings is 1. The second-order valence-electron chi connectivity index (χ2n) is 8.25. The maximum atomic E-state index is 10.1. The smallest absolute Gasteiger partial charge is 0.209 e. The second-order valence-corrected chi connectivity index (χ2v) is 8.68. The molecule has 1 fully saturated rings. The molecule has 0 unspecified atom stereocenters. The van der Waals surface area contributed by atoms with Gasteiger partial charge in [0.25, 0.3) is 0 Å². The molecule has 3 N–H and O–H groups in total. The van der Waals surface area contributed by atoms with Gasteiger partial charge in [-0.1, -0.05) is 41.9 Å². The van der Waals surface area contributed by atoms with Crippen molar-refractivity contribution in [1.29, 1.82) is 10.7 Å². The van der Waals surface area contributed by atoms with Gasteiger partial charge in [0.2, 0.25) is 5.90 Å². The predicted molar refractivity (Wildman–Crippen MR) is 136 cm³/mol. The van der Waals surface area contributed by atoms with E-state index in [-0.39, 0.29) is 17.8 Å². The number of halogens is 1. The lowest BCUT2D eigenvalue weighted by molar-refractivity contribution is 0.158. The third kappa shape index (κ3) is 5.41. The third-order valence-electron chi connectivity index (χ3n) is 5.74. The molecule has 0 spiro atoms. The van der Waals surface area contributed by atoms with E-state index in [0.29, 0.717) is 48.9 Å². The number of rotatable bonds is 6. The number of para-hydroxylation sites is 1. The van der Waals surface area contributed by atoms with Gasteiger partial charge in [0.15, 0.2) is 0 Å². The van der Waals surface area contributed by atoms with Crippen LogP contribution in [-0.4, -0.2) is 35.2 Å². The Hall–Kier alpha value is -3.76. The molecule has 0 atom stereocenters. The molecule has 0 radical (unpaired) electrons. The van der Waals surface area contributed by atoms with Gasteiger partial charge in [0.1, 0.15) is 23.6 Å². The van der Waals surface area contributed by atoms with Crippen molar-refractivity contribution in [2.24, 2.45) is 0 Å². The number of ether oxygens (including phenoxy) is 1. The summed E-state index contributed by atoms with van der Waals surface area (Å²) >= 11 is 5.99. The number of fused-ring (bicyclic) bond motifs is 1. The Balaban J connectivity index is 1.59. The highest BCUT2D eigenvalue weighted by atomic mass is 35.5. The molecule has 2 heterocycles. The molecule has 7 nitrogen and oxygen atoms in total. The van der Waals surface area contributed by atoms with Gasteiger partial charge in [-0.25, -0.2) is 4.98 Å². The molecule has 1 saturated heterocycles. The van der Waals surface area contributed by atoms with Crippen LogP contribution < -0.4 is 10.2 Å². The number of anilines is 2. The molecule has 0 aliphatic carbocycles. The molecule has 0 saturated carbocycles. The number of nitriles is 1. The number of aliphatic hydroxyl groups is 1. The summed E-state index contributed by atoms with van der Waals surface area (Å²) in [6.45, 7) is 3.39. The molecule has 3 aromatic rings. The van der Waals surface area contributed by atoms with Crippen molar-refractivity contribution in [2.45, 2.75) is 32.4 Å². The van der Waals surface area contributed by atoms with Crippen LogP contribution in [0.15, 0.2) is 60.4 Å². The summed E-state index contributed by atoms with van der Waals surface area (Å²) in [5.74, 6) is 0.553. The van der Waals surface area contributed by atoms with Crippen LogP contribution in [0, 0.1) is 16.7 Å². The summed E-state index contributed by atoms with van der Waals surface area (Å²) in [5, 5.41) is 32.3. The molecule has 1 aromatic heterocycles. The lowest BCUT2D eigenvalue weighted by Gasteiger charge is -2.35. The minimum absolute atomic E-state index is 0.0424. The first-order valence-corrected chi connectivity index (χ1v) is 11.5. The zero-order valence-electron chi connectivity index (χ0n) is 18.9. The topological polar surface area (TPSA) is 105 Å². The van der Waals surface area contributed by atoms with Crippen LogP contribution >= 0.6 is 11.6 Å². The van der Waals surface area contributed by atoms with Gasteiger partial charge in [-0.3, -0.25) is 5.41 Å². The first-order valence-electron chi connectivity index (χ1n) is 11.1. The fourth-order valence-corrected chi connectivity index (χ4v) is 4.27. The molecule has 174 valence electrons. The molecule has 0 amide bonds. The highest BCUT2D eigenvalue weighted by Gasteiger charge is 2.26. The van der Waals surface area contributed by atoms with Crippen LogP contribution in [0.25, 0.3) is 10.9 Å². The standard InChI is InChI=1S/C26H26ClN5O2/c1-17(33)14-24(29)34-20-10-12-32(13-11-20)25-21-4-2-3-5-23(21)31-26(22(25)15-28)30-16-18-6-8-19(27)9-7-18/h2-9,14,20,29,33H,10-13,16H2,1H3,(H,30,31)/b17-14-,29-24?. The number of aliphatic hydroxyl groups excluding tert-OH is 1. The van der Waals surface area contributed by atoms with Crippen LogP contribution in [0.5, 0.6) is 0 Å². The Labute approximate surface area is 203 Å². The summed E-state index contributed by atoms with van der Waals surface area (Å²) in [4.78, 5) is 6.95. The van der Waals surface area contributed by atoms with Crippen molar-refractivity contribution in [2.75, 3.05) is 23.3 Å². The van der Waals surface area contributed by atoms with E-state index in [4.69, 9.17) is 26.7 Å². The van der Waals surface area contributed by atoms with Gasteiger partial charge in [-0.05, 0) is 30.7 Å². The predicted octanol–water partition coefficient (Wildman–Crippen LogP) is 5.80. The first kappa shape index (κ1) is 23.4. The number of nitrogens with one attached hydrogen (secondary N) is 2. The molecule has 8 heteroatoms. The number of aromatic nitrogens is 1. The number of nitrogens with zero attached hydrogens (tertiary/aromatic N) is 3. The van der Waals surface area contributed by atoms with Crippen LogP contribution in [0.4, 0.5) is 11.5 Å². The largest absolute Gasteiger partial charge is 0.512 e. The Morgan fingerprint density at radius 1 is 1.26 bits per heavy atom. The number of hydrogen-bond acceptors (Lipinski definition) is 7. The van der Waals surface area contributed by atoms with Crippen LogP contribution in [0.1, 0.15) is 30.9 Å². The summed E-state index contributed by atoms with van der Waals surface area (Å²) < 4.78 is 5.67. The molecular weight excluding hydrogens is 450 g/mol. The summed E-state index contributed by atoms with van der Waals surface area (Å²) in [6, 6.07) is 17.8. The van der Waals surface area contributed by atoms with E-state index in [1.807, 2.05) is 48.5 Å². The van der Waals surface area contributed by atoms with Crippen molar-refractivity contribution in [1.82, 2.24) is 4.98 Å². The van der Waals surface area contributed by atoms with Gasteiger partial charge >= 0.3 is 0 Å². The van der Waals surface area contributed by atoms with E-state index in [1.165, 1.54) is 13.0 Å². The molecule has 34 heavy (non-hydrogen) atoms. The van der Waals surface area contributed by atoms with Crippen LogP contribution in [0.2, 0.25) is 5.02 Å². The Bertz CT molecular complexity index is 1250. The second kappa shape index (κ2) is 10.4. The zero-order chi connectivity index (χ0) is 24.1. The SMILES string of the molecule is C/C(O)=C/C(=N)OC1CCN(c2c(C#N)c(NCc3ccc(Cl)cc3)nc3ccccc23)CC1. The average Bonchev–Trinajstić information content (AvgIpc) is 2.82. The summed E-state index contributed by atoms with van der Waals surface area (Å²) in [6.07, 6.45) is 2.60. The van der Waals surface area contributed by atoms with Gasteiger partial charge in [0, 0.05) is 49.0 Å². The van der Waals surface area contributed by atoms with Crippen LogP contribution in [0.3, 0.4) is 0 Å². The Morgan fingerprint density at radius 3 is 2.65 bits per heavy atom. The normalized spacial score (nSPS) is 14.6. The Kier molecular flexibility index (Phi) is 7.19. The van der Waals surface area contributed by atoms with Crippen molar-refractivity contribution in [3.05, 3.63) is 76.5 Å². The molecule has 2 aromatic carbocycles. The molecular formula is C26H26ClN5O2. The monoisotopic (exact) mass is 475 g/mol. The van der Waals surface area contributed by atoms with E-state index >= 15 is 0 Å². The number of hydrogen-bond donors (Lipinski definition) is 3. The minimum atomic E-state index is -0.111. The maximum Gasteiger partial charge on any atom is 0.209 e. The highest BCUT2D eigenvalue weighted by Crippen LogP contribution is 2.36. The fraction of sp³-hybridized carbons (Fsp3) is 0.269. The van der Waals surface area contributed by atoms with E-state index in [2.05, 4.69) is 16.3 Å². The molecule has 1 aliphatic rings. The number of allylic oxidation sites excluding steroid dienone is 1. The minimum Gasteiger partial charge on any atom is -0.512 e. The Morgan fingerprint density at radius 2 is 1.97 bits per heavy atom. The highest BCUT2D eigenvalue weighted by molar-refractivity contribution is 6.30. The van der Waals surface area contributed by atoms with Gasteiger partial charge < -0.3 is 20.1 Å².